The number of aromatic nitrogens is 2. The van der Waals surface area contributed by atoms with Crippen LogP contribution >= 0.6 is 0 Å². The molecule has 1 saturated heterocycles. The number of hydrogen-bond donors (Lipinski definition) is 1. The van der Waals surface area contributed by atoms with E-state index < -0.39 is 10.0 Å². The molecule has 1 aromatic heterocycles. The molecule has 1 aliphatic rings. The predicted octanol–water partition coefficient (Wildman–Crippen LogP) is 3.16. The highest BCUT2D eigenvalue weighted by molar-refractivity contribution is 7.89. The van der Waals surface area contributed by atoms with Gasteiger partial charge >= 0.3 is 0 Å². The van der Waals surface area contributed by atoms with E-state index in [2.05, 4.69) is 10.3 Å². The van der Waals surface area contributed by atoms with Gasteiger partial charge in [-0.3, -0.25) is 4.79 Å². The first-order chi connectivity index (χ1) is 15.9. The summed E-state index contributed by atoms with van der Waals surface area (Å²) in [6.07, 6.45) is 6.62. The van der Waals surface area contributed by atoms with Gasteiger partial charge in [-0.15, -0.1) is 0 Å². The zero-order valence-electron chi connectivity index (χ0n) is 18.7. The second-order valence-corrected chi connectivity index (χ2v) is 10.1. The number of rotatable bonds is 7. The summed E-state index contributed by atoms with van der Waals surface area (Å²) >= 11 is 0. The van der Waals surface area contributed by atoms with Gasteiger partial charge in [0.05, 0.1) is 30.3 Å². The fourth-order valence-corrected chi connectivity index (χ4v) is 5.56. The summed E-state index contributed by atoms with van der Waals surface area (Å²) in [5.41, 5.74) is 1.96. The Morgan fingerprint density at radius 1 is 1.15 bits per heavy atom. The lowest BCUT2D eigenvalue weighted by atomic mass is 9.98. The number of hydrogen-bond acceptors (Lipinski definition) is 5. The average Bonchev–Trinajstić information content (AvgIpc) is 3.39. The van der Waals surface area contributed by atoms with Crippen molar-refractivity contribution in [3.05, 3.63) is 72.8 Å². The van der Waals surface area contributed by atoms with Crippen LogP contribution in [0.4, 0.5) is 0 Å². The summed E-state index contributed by atoms with van der Waals surface area (Å²) in [6.45, 7) is 2.51. The van der Waals surface area contributed by atoms with E-state index in [1.165, 1.54) is 23.5 Å². The average molecular weight is 469 g/mol. The molecule has 2 aromatic carbocycles. The number of nitrogens with one attached hydrogen (secondary N) is 1. The van der Waals surface area contributed by atoms with Crippen molar-refractivity contribution in [1.82, 2.24) is 19.2 Å². The predicted molar refractivity (Wildman–Crippen MR) is 125 cm³/mol. The molecule has 0 bridgehead atoms. The zero-order valence-corrected chi connectivity index (χ0v) is 19.5. The summed E-state index contributed by atoms with van der Waals surface area (Å²) in [5.74, 6) is 0.0761. The molecule has 174 valence electrons. The minimum absolute atomic E-state index is 0.129. The first-order valence-corrected chi connectivity index (χ1v) is 12.4. The number of benzene rings is 2. The molecule has 4 rings (SSSR count). The number of amides is 1. The van der Waals surface area contributed by atoms with Crippen molar-refractivity contribution >= 4 is 15.9 Å². The van der Waals surface area contributed by atoms with E-state index in [0.29, 0.717) is 25.1 Å². The maximum atomic E-state index is 13.1. The zero-order chi connectivity index (χ0) is 23.4. The molecule has 33 heavy (non-hydrogen) atoms. The molecule has 8 nitrogen and oxygen atoms in total. The van der Waals surface area contributed by atoms with Gasteiger partial charge in [0.15, 0.2) is 0 Å². The summed E-state index contributed by atoms with van der Waals surface area (Å²) in [5, 5.41) is 3.05. The maximum Gasteiger partial charge on any atom is 0.243 e. The molecule has 9 heteroatoms. The minimum atomic E-state index is -3.67. The molecule has 0 radical (unpaired) electrons. The molecular weight excluding hydrogens is 440 g/mol. The molecule has 1 N–H and O–H groups in total. The monoisotopic (exact) mass is 468 g/mol. The number of piperidine rings is 1. The van der Waals surface area contributed by atoms with Gasteiger partial charge in [-0.25, -0.2) is 13.4 Å². The molecule has 0 unspecified atom stereocenters. The Hall–Kier alpha value is -3.17. The number of methoxy groups -OCH3 is 1. The molecule has 0 aliphatic carbocycles. The van der Waals surface area contributed by atoms with Crippen LogP contribution in [0.5, 0.6) is 5.75 Å². The van der Waals surface area contributed by atoms with Crippen LogP contribution in [0.15, 0.2) is 72.1 Å². The van der Waals surface area contributed by atoms with E-state index in [1.54, 1.807) is 24.7 Å². The van der Waals surface area contributed by atoms with E-state index in [4.69, 9.17) is 4.74 Å². The highest BCUT2D eigenvalue weighted by Gasteiger charge is 2.33. The van der Waals surface area contributed by atoms with E-state index in [-0.39, 0.29) is 29.3 Å². The van der Waals surface area contributed by atoms with Gasteiger partial charge in [0.1, 0.15) is 5.75 Å². The maximum absolute atomic E-state index is 13.1. The van der Waals surface area contributed by atoms with Gasteiger partial charge in [0, 0.05) is 31.2 Å². The Labute approximate surface area is 194 Å². The number of nitrogens with zero attached hydrogens (tertiary/aromatic N) is 3. The molecule has 2 atom stereocenters. The second kappa shape index (κ2) is 9.76. The number of sulfonamides is 1. The molecule has 1 amide bonds. The SMILES string of the molecule is COc1ccc(S(=O)(=O)N2CCC[C@@H](C(=O)N[C@@H](C)c3ccc(-n4ccnc4)cc3)C2)cc1. The van der Waals surface area contributed by atoms with Crippen molar-refractivity contribution in [2.24, 2.45) is 5.92 Å². The normalized spacial score (nSPS) is 17.9. The first-order valence-electron chi connectivity index (χ1n) is 10.9. The fraction of sp³-hybridized carbons (Fsp3) is 0.333. The number of ether oxygens (including phenoxy) is 1. The van der Waals surface area contributed by atoms with Gasteiger partial charge < -0.3 is 14.6 Å². The topological polar surface area (TPSA) is 93.5 Å². The second-order valence-electron chi connectivity index (χ2n) is 8.17. The first kappa shape index (κ1) is 23.0. The Morgan fingerprint density at radius 2 is 1.88 bits per heavy atom. The van der Waals surface area contributed by atoms with Gasteiger partial charge in [-0.1, -0.05) is 12.1 Å². The molecule has 0 saturated carbocycles. The minimum Gasteiger partial charge on any atom is -0.497 e. The Kier molecular flexibility index (Phi) is 6.80. The van der Waals surface area contributed by atoms with Crippen molar-refractivity contribution in [2.45, 2.75) is 30.7 Å². The van der Waals surface area contributed by atoms with Crippen LogP contribution in [-0.2, 0) is 14.8 Å². The van der Waals surface area contributed by atoms with Crippen LogP contribution in [0.3, 0.4) is 0 Å². The summed E-state index contributed by atoms with van der Waals surface area (Å²) in [7, 11) is -2.14. The third-order valence-electron chi connectivity index (χ3n) is 6.01. The number of carbonyl (C=O) groups is 1. The molecule has 0 spiro atoms. The molecule has 3 aromatic rings. The Balaban J connectivity index is 1.39. The standard InChI is InChI=1S/C24H28N4O4S/c1-18(19-5-7-21(8-6-19)27-15-13-25-17-27)26-24(29)20-4-3-14-28(16-20)33(30,31)23-11-9-22(32-2)10-12-23/h5-13,15,17-18,20H,3-4,14,16H2,1-2H3,(H,26,29)/t18-,20+/m0/s1. The van der Waals surface area contributed by atoms with Gasteiger partial charge in [-0.2, -0.15) is 4.31 Å². The lowest BCUT2D eigenvalue weighted by Gasteiger charge is -2.32. The molecule has 1 fully saturated rings. The highest BCUT2D eigenvalue weighted by Crippen LogP contribution is 2.26. The van der Waals surface area contributed by atoms with Crippen LogP contribution in [0.25, 0.3) is 5.69 Å². The van der Waals surface area contributed by atoms with E-state index in [1.807, 2.05) is 42.0 Å². The van der Waals surface area contributed by atoms with E-state index in [9.17, 15) is 13.2 Å². The van der Waals surface area contributed by atoms with Gasteiger partial charge in [-0.05, 0) is 61.7 Å². The van der Waals surface area contributed by atoms with Crippen molar-refractivity contribution in [1.29, 1.82) is 0 Å². The smallest absolute Gasteiger partial charge is 0.243 e. The third kappa shape index (κ3) is 5.09. The number of carbonyl (C=O) groups excluding carboxylic acids is 1. The quantitative estimate of drug-likeness (QED) is 0.575. The van der Waals surface area contributed by atoms with E-state index >= 15 is 0 Å². The Bertz CT molecular complexity index is 1180. The van der Waals surface area contributed by atoms with Crippen molar-refractivity contribution in [3.8, 4) is 11.4 Å². The molecule has 1 aliphatic heterocycles. The van der Waals surface area contributed by atoms with Gasteiger partial charge in [0.25, 0.3) is 0 Å². The van der Waals surface area contributed by atoms with Crippen molar-refractivity contribution < 1.29 is 17.9 Å². The van der Waals surface area contributed by atoms with Crippen molar-refractivity contribution in [3.63, 3.8) is 0 Å². The lowest BCUT2D eigenvalue weighted by molar-refractivity contribution is -0.126. The largest absolute Gasteiger partial charge is 0.497 e. The summed E-state index contributed by atoms with van der Waals surface area (Å²) in [4.78, 5) is 17.2. The highest BCUT2D eigenvalue weighted by atomic mass is 32.2. The molecule has 2 heterocycles. The van der Waals surface area contributed by atoms with Crippen LogP contribution in [0, 0.1) is 5.92 Å². The van der Waals surface area contributed by atoms with Crippen LogP contribution in [0.1, 0.15) is 31.4 Å². The summed E-state index contributed by atoms with van der Waals surface area (Å²) < 4.78 is 34.6. The molecular formula is C24H28N4O4S. The number of imidazole rings is 1. The Morgan fingerprint density at radius 3 is 2.52 bits per heavy atom. The van der Waals surface area contributed by atoms with Gasteiger partial charge in [0.2, 0.25) is 15.9 Å². The van der Waals surface area contributed by atoms with Crippen LogP contribution in [-0.4, -0.2) is 48.4 Å². The van der Waals surface area contributed by atoms with Crippen molar-refractivity contribution in [2.75, 3.05) is 20.2 Å². The third-order valence-corrected chi connectivity index (χ3v) is 7.89. The summed E-state index contributed by atoms with van der Waals surface area (Å²) in [6, 6.07) is 14.0. The van der Waals surface area contributed by atoms with Crippen LogP contribution in [0.2, 0.25) is 0 Å². The fourth-order valence-electron chi connectivity index (χ4n) is 4.03. The lowest BCUT2D eigenvalue weighted by Crippen LogP contribution is -2.45. The van der Waals surface area contributed by atoms with Crippen LogP contribution < -0.4 is 10.1 Å². The van der Waals surface area contributed by atoms with E-state index in [0.717, 1.165) is 11.3 Å².